The summed E-state index contributed by atoms with van der Waals surface area (Å²) in [5.41, 5.74) is 1.79. The third kappa shape index (κ3) is 3.30. The van der Waals surface area contributed by atoms with Crippen LogP contribution in [0.15, 0.2) is 35.1 Å². The summed E-state index contributed by atoms with van der Waals surface area (Å²) >= 11 is 0. The number of rotatable bonds is 6. The Morgan fingerprint density at radius 2 is 2.23 bits per heavy atom. The summed E-state index contributed by atoms with van der Waals surface area (Å²) in [5, 5.41) is 18.9. The Bertz CT molecular complexity index is 701. The second-order valence-electron chi connectivity index (χ2n) is 8.02. The van der Waals surface area contributed by atoms with Crippen LogP contribution in [0.25, 0.3) is 0 Å². The monoisotopic (exact) mass is 360 g/mol. The van der Waals surface area contributed by atoms with Crippen LogP contribution in [0.3, 0.4) is 0 Å². The zero-order valence-electron chi connectivity index (χ0n) is 15.6. The van der Waals surface area contributed by atoms with Gasteiger partial charge in [-0.05, 0) is 32.1 Å². The van der Waals surface area contributed by atoms with Crippen molar-refractivity contribution >= 4 is 11.6 Å². The molecule has 2 N–H and O–H groups in total. The summed E-state index contributed by atoms with van der Waals surface area (Å²) in [6.07, 6.45) is 4.78. The standard InChI is InChI=1S/C21H28O5/c1-12(4-5-17(23)13(2)11-22)14-8-9-21(3)16(14)10-15-19(26-21)7-6-18(24)20(15)25/h8,12,16,18,22,24H,2,4-7,9-11H2,1,3H3/t12?,16-,18-,21+/m0/s1. The van der Waals surface area contributed by atoms with Crippen molar-refractivity contribution < 1.29 is 24.5 Å². The number of fused-ring (bicyclic) bond motifs is 1. The molecule has 0 saturated carbocycles. The molecule has 0 bridgehead atoms. The summed E-state index contributed by atoms with van der Waals surface area (Å²) in [7, 11) is 0. The number of ether oxygens (including phenoxy) is 1. The smallest absolute Gasteiger partial charge is 0.190 e. The summed E-state index contributed by atoms with van der Waals surface area (Å²) in [5.74, 6) is 0.752. The van der Waals surface area contributed by atoms with Gasteiger partial charge in [0.1, 0.15) is 17.5 Å². The van der Waals surface area contributed by atoms with Crippen LogP contribution < -0.4 is 0 Å². The molecule has 2 aliphatic carbocycles. The van der Waals surface area contributed by atoms with Gasteiger partial charge in [-0.25, -0.2) is 0 Å². The lowest BCUT2D eigenvalue weighted by molar-refractivity contribution is -0.127. The van der Waals surface area contributed by atoms with Gasteiger partial charge < -0.3 is 14.9 Å². The van der Waals surface area contributed by atoms with Crippen LogP contribution in [0.5, 0.6) is 0 Å². The van der Waals surface area contributed by atoms with Crippen LogP contribution >= 0.6 is 0 Å². The Morgan fingerprint density at radius 3 is 2.92 bits per heavy atom. The molecule has 142 valence electrons. The highest BCUT2D eigenvalue weighted by Gasteiger charge is 2.49. The minimum atomic E-state index is -0.907. The van der Waals surface area contributed by atoms with Crippen molar-refractivity contribution in [2.45, 2.75) is 64.1 Å². The first-order valence-electron chi connectivity index (χ1n) is 9.42. The van der Waals surface area contributed by atoms with Gasteiger partial charge in [-0.1, -0.05) is 25.2 Å². The lowest BCUT2D eigenvalue weighted by atomic mass is 9.73. The van der Waals surface area contributed by atoms with Crippen LogP contribution in [-0.4, -0.2) is 40.1 Å². The molecule has 0 amide bonds. The highest BCUT2D eigenvalue weighted by atomic mass is 16.5. The molecule has 5 heteroatoms. The highest BCUT2D eigenvalue weighted by Crippen LogP contribution is 2.51. The first-order chi connectivity index (χ1) is 12.3. The Balaban J connectivity index is 1.72. The fourth-order valence-electron chi connectivity index (χ4n) is 4.43. The van der Waals surface area contributed by atoms with Gasteiger partial charge in [0.15, 0.2) is 11.6 Å². The fourth-order valence-corrected chi connectivity index (χ4v) is 4.43. The predicted molar refractivity (Wildman–Crippen MR) is 97.2 cm³/mol. The number of hydrogen-bond acceptors (Lipinski definition) is 5. The maximum atomic E-state index is 12.4. The summed E-state index contributed by atoms with van der Waals surface area (Å²) < 4.78 is 6.26. The molecule has 26 heavy (non-hydrogen) atoms. The van der Waals surface area contributed by atoms with E-state index < -0.39 is 6.10 Å². The van der Waals surface area contributed by atoms with Gasteiger partial charge in [0.2, 0.25) is 0 Å². The first kappa shape index (κ1) is 19.1. The van der Waals surface area contributed by atoms with Crippen LogP contribution in [0.4, 0.5) is 0 Å². The van der Waals surface area contributed by atoms with E-state index >= 15 is 0 Å². The van der Waals surface area contributed by atoms with E-state index in [-0.39, 0.29) is 41.2 Å². The third-order valence-corrected chi connectivity index (χ3v) is 6.19. The van der Waals surface area contributed by atoms with Crippen molar-refractivity contribution in [2.75, 3.05) is 6.61 Å². The van der Waals surface area contributed by atoms with E-state index in [2.05, 4.69) is 26.5 Å². The largest absolute Gasteiger partial charge is 0.491 e. The normalized spacial score (nSPS) is 31.7. The van der Waals surface area contributed by atoms with E-state index in [4.69, 9.17) is 9.84 Å². The van der Waals surface area contributed by atoms with Gasteiger partial charge in [0.05, 0.1) is 6.61 Å². The molecule has 0 saturated heterocycles. The van der Waals surface area contributed by atoms with E-state index in [1.807, 2.05) is 0 Å². The van der Waals surface area contributed by atoms with Gasteiger partial charge in [0, 0.05) is 36.3 Å². The molecule has 1 heterocycles. The van der Waals surface area contributed by atoms with E-state index in [0.717, 1.165) is 12.2 Å². The SMILES string of the molecule is C=C(CO)C(=O)CCC(C)C1=CC[C@@]2(C)OC3=C(C[C@@H]12)C(=O)[C@@H](O)CC3. The highest BCUT2D eigenvalue weighted by molar-refractivity contribution is 6.00. The average molecular weight is 360 g/mol. The third-order valence-electron chi connectivity index (χ3n) is 6.19. The van der Waals surface area contributed by atoms with Gasteiger partial charge in [-0.3, -0.25) is 9.59 Å². The number of aliphatic hydroxyl groups is 2. The summed E-state index contributed by atoms with van der Waals surface area (Å²) in [6, 6.07) is 0. The summed E-state index contributed by atoms with van der Waals surface area (Å²) in [4.78, 5) is 24.3. The zero-order chi connectivity index (χ0) is 19.1. The molecule has 0 radical (unpaired) electrons. The topological polar surface area (TPSA) is 83.8 Å². The molecule has 3 aliphatic rings. The maximum Gasteiger partial charge on any atom is 0.190 e. The molecule has 1 unspecified atom stereocenters. The van der Waals surface area contributed by atoms with Crippen molar-refractivity contribution in [3.63, 3.8) is 0 Å². The van der Waals surface area contributed by atoms with E-state index in [1.54, 1.807) is 0 Å². The van der Waals surface area contributed by atoms with Crippen molar-refractivity contribution in [3.05, 3.63) is 35.1 Å². The number of Topliss-reactive ketones (excluding diaryl/α,β-unsaturated/α-hetero) is 2. The van der Waals surface area contributed by atoms with Crippen molar-refractivity contribution in [2.24, 2.45) is 11.8 Å². The van der Waals surface area contributed by atoms with Crippen LogP contribution in [0.2, 0.25) is 0 Å². The first-order valence-corrected chi connectivity index (χ1v) is 9.42. The lowest BCUT2D eigenvalue weighted by Crippen LogP contribution is -2.43. The fraction of sp³-hybridized carbons (Fsp3) is 0.619. The minimum absolute atomic E-state index is 0.0987. The zero-order valence-corrected chi connectivity index (χ0v) is 15.6. The molecule has 0 spiro atoms. The van der Waals surface area contributed by atoms with Crippen molar-refractivity contribution in [1.29, 1.82) is 0 Å². The van der Waals surface area contributed by atoms with Gasteiger partial charge >= 0.3 is 0 Å². The van der Waals surface area contributed by atoms with Crippen LogP contribution in [0, 0.1) is 11.8 Å². The maximum absolute atomic E-state index is 12.4. The number of hydrogen-bond donors (Lipinski definition) is 2. The Labute approximate surface area is 154 Å². The van der Waals surface area contributed by atoms with Gasteiger partial charge in [-0.2, -0.15) is 0 Å². The minimum Gasteiger partial charge on any atom is -0.491 e. The molecule has 0 aromatic rings. The number of aliphatic hydroxyl groups excluding tert-OH is 2. The average Bonchev–Trinajstić information content (AvgIpc) is 2.96. The molecule has 3 rings (SSSR count). The Morgan fingerprint density at radius 1 is 1.50 bits per heavy atom. The van der Waals surface area contributed by atoms with Crippen molar-refractivity contribution in [1.82, 2.24) is 0 Å². The van der Waals surface area contributed by atoms with Gasteiger partial charge in [-0.15, -0.1) is 0 Å². The van der Waals surface area contributed by atoms with E-state index in [9.17, 15) is 14.7 Å². The second kappa shape index (κ2) is 7.12. The molecule has 0 aromatic heterocycles. The number of carbonyl (C=O) groups is 2. The lowest BCUT2D eigenvalue weighted by Gasteiger charge is -2.43. The molecule has 5 nitrogen and oxygen atoms in total. The molecule has 0 aromatic carbocycles. The van der Waals surface area contributed by atoms with Crippen molar-refractivity contribution in [3.8, 4) is 0 Å². The Hall–Kier alpha value is -1.72. The van der Waals surface area contributed by atoms with Crippen LogP contribution in [0.1, 0.15) is 52.4 Å². The number of carbonyl (C=O) groups excluding carboxylic acids is 2. The quantitative estimate of drug-likeness (QED) is 0.562. The second-order valence-corrected chi connectivity index (χ2v) is 8.02. The molecule has 1 aliphatic heterocycles. The van der Waals surface area contributed by atoms with Gasteiger partial charge in [0.25, 0.3) is 0 Å². The Kier molecular flexibility index (Phi) is 5.22. The molecule has 4 atom stereocenters. The number of allylic oxidation sites excluding steroid dienone is 1. The van der Waals surface area contributed by atoms with E-state index in [0.29, 0.717) is 37.7 Å². The predicted octanol–water partition coefficient (Wildman–Crippen LogP) is 2.62. The molecule has 0 fully saturated rings. The van der Waals surface area contributed by atoms with E-state index in [1.165, 1.54) is 5.57 Å². The molecular formula is C21H28O5. The molecular weight excluding hydrogens is 332 g/mol. The number of ketones is 2. The summed E-state index contributed by atoms with van der Waals surface area (Å²) in [6.45, 7) is 7.47. The van der Waals surface area contributed by atoms with Crippen LogP contribution in [-0.2, 0) is 14.3 Å².